The monoisotopic (exact) mass is 288 g/mol. The minimum absolute atomic E-state index is 0.689. The van der Waals surface area contributed by atoms with Gasteiger partial charge < -0.3 is 14.5 Å². The van der Waals surface area contributed by atoms with Crippen molar-refractivity contribution in [1.29, 1.82) is 0 Å². The van der Waals surface area contributed by atoms with Crippen LogP contribution in [0.4, 0.5) is 0 Å². The van der Waals surface area contributed by atoms with Crippen LogP contribution < -0.4 is 10.1 Å². The Kier molecular flexibility index (Phi) is 3.71. The maximum absolute atomic E-state index is 5.83. The first-order valence-electron chi connectivity index (χ1n) is 6.43. The summed E-state index contributed by atoms with van der Waals surface area (Å²) in [4.78, 5) is 5.47. The number of aromatic nitrogens is 1. The van der Waals surface area contributed by atoms with Gasteiger partial charge in [0, 0.05) is 23.0 Å². The molecular formula is C15H16N2O2S. The maximum Gasteiger partial charge on any atom is 0.176 e. The average Bonchev–Trinajstić information content (AvgIpc) is 3.04. The highest BCUT2D eigenvalue weighted by molar-refractivity contribution is 7.11. The number of nitrogens with one attached hydrogen (secondary N) is 1. The van der Waals surface area contributed by atoms with Crippen LogP contribution in [0.1, 0.15) is 15.6 Å². The first-order chi connectivity index (χ1) is 9.76. The van der Waals surface area contributed by atoms with E-state index in [0.29, 0.717) is 6.54 Å². The van der Waals surface area contributed by atoms with Crippen LogP contribution in [-0.4, -0.2) is 12.1 Å². The van der Waals surface area contributed by atoms with E-state index in [1.165, 1.54) is 4.88 Å². The Morgan fingerprint density at radius 1 is 1.35 bits per heavy atom. The van der Waals surface area contributed by atoms with E-state index < -0.39 is 0 Å². The summed E-state index contributed by atoms with van der Waals surface area (Å²) < 4.78 is 11.1. The zero-order valence-corrected chi connectivity index (χ0v) is 12.3. The lowest BCUT2D eigenvalue weighted by Crippen LogP contribution is -2.10. The summed E-state index contributed by atoms with van der Waals surface area (Å²) in [6, 6.07) is 7.94. The Morgan fingerprint density at radius 3 is 3.00 bits per heavy atom. The SMILES string of the molecule is COc1cccc2cc(CNCc3cnc(C)s3)oc12. The predicted octanol–water partition coefficient (Wildman–Crippen LogP) is 3.50. The second-order valence-corrected chi connectivity index (χ2v) is 5.86. The van der Waals surface area contributed by atoms with Gasteiger partial charge in [-0.2, -0.15) is 0 Å². The highest BCUT2D eigenvalue weighted by Gasteiger charge is 2.08. The molecule has 0 spiro atoms. The van der Waals surface area contributed by atoms with E-state index in [4.69, 9.17) is 9.15 Å². The molecule has 1 aromatic carbocycles. The van der Waals surface area contributed by atoms with Crippen molar-refractivity contribution in [2.24, 2.45) is 0 Å². The Bertz CT molecular complexity index is 718. The van der Waals surface area contributed by atoms with Gasteiger partial charge in [-0.3, -0.25) is 0 Å². The van der Waals surface area contributed by atoms with E-state index >= 15 is 0 Å². The highest BCUT2D eigenvalue weighted by atomic mass is 32.1. The topological polar surface area (TPSA) is 47.3 Å². The molecule has 0 bridgehead atoms. The van der Waals surface area contributed by atoms with Gasteiger partial charge in [-0.05, 0) is 19.1 Å². The van der Waals surface area contributed by atoms with Gasteiger partial charge in [-0.1, -0.05) is 12.1 Å². The highest BCUT2D eigenvalue weighted by Crippen LogP contribution is 2.28. The molecular weight excluding hydrogens is 272 g/mol. The van der Waals surface area contributed by atoms with Gasteiger partial charge >= 0.3 is 0 Å². The van der Waals surface area contributed by atoms with Crippen LogP contribution >= 0.6 is 11.3 Å². The quantitative estimate of drug-likeness (QED) is 0.780. The fourth-order valence-corrected chi connectivity index (χ4v) is 2.90. The van der Waals surface area contributed by atoms with Gasteiger partial charge in [0.15, 0.2) is 11.3 Å². The molecule has 2 heterocycles. The summed E-state index contributed by atoms with van der Waals surface area (Å²) in [7, 11) is 1.65. The predicted molar refractivity (Wildman–Crippen MR) is 80.2 cm³/mol. The standard InChI is InChI=1S/C15H16N2O2S/c1-10-17-9-13(20-10)8-16-7-12-6-11-4-3-5-14(18-2)15(11)19-12/h3-6,9,16H,7-8H2,1-2H3. The summed E-state index contributed by atoms with van der Waals surface area (Å²) in [5.74, 6) is 1.68. The van der Waals surface area contributed by atoms with Crippen molar-refractivity contribution in [2.75, 3.05) is 7.11 Å². The van der Waals surface area contributed by atoms with Crippen LogP contribution in [0.25, 0.3) is 11.0 Å². The number of fused-ring (bicyclic) bond motifs is 1. The molecule has 20 heavy (non-hydrogen) atoms. The van der Waals surface area contributed by atoms with Crippen molar-refractivity contribution in [1.82, 2.24) is 10.3 Å². The molecule has 0 fully saturated rings. The van der Waals surface area contributed by atoms with Crippen LogP contribution in [-0.2, 0) is 13.1 Å². The molecule has 0 aliphatic heterocycles. The molecule has 0 amide bonds. The Labute approximate surface area is 121 Å². The fraction of sp³-hybridized carbons (Fsp3) is 0.267. The van der Waals surface area contributed by atoms with E-state index in [2.05, 4.69) is 10.3 Å². The maximum atomic E-state index is 5.83. The number of methoxy groups -OCH3 is 1. The molecule has 4 nitrogen and oxygen atoms in total. The van der Waals surface area contributed by atoms with Crippen molar-refractivity contribution in [2.45, 2.75) is 20.0 Å². The molecule has 2 aromatic heterocycles. The van der Waals surface area contributed by atoms with Crippen LogP contribution in [0.3, 0.4) is 0 Å². The normalized spacial score (nSPS) is 11.1. The third-order valence-corrected chi connectivity index (χ3v) is 3.96. The van der Waals surface area contributed by atoms with Crippen LogP contribution in [0.2, 0.25) is 0 Å². The summed E-state index contributed by atoms with van der Waals surface area (Å²) >= 11 is 1.71. The molecule has 3 rings (SSSR count). The number of hydrogen-bond acceptors (Lipinski definition) is 5. The van der Waals surface area contributed by atoms with E-state index in [1.54, 1.807) is 18.4 Å². The number of furan rings is 1. The number of nitrogens with zero attached hydrogens (tertiary/aromatic N) is 1. The zero-order chi connectivity index (χ0) is 13.9. The number of aryl methyl sites for hydroxylation is 1. The van der Waals surface area contributed by atoms with Gasteiger partial charge in [0.1, 0.15) is 5.76 Å². The van der Waals surface area contributed by atoms with E-state index in [9.17, 15) is 0 Å². The molecule has 0 saturated heterocycles. The van der Waals surface area contributed by atoms with Gasteiger partial charge in [-0.25, -0.2) is 4.98 Å². The molecule has 0 atom stereocenters. The summed E-state index contributed by atoms with van der Waals surface area (Å²) in [6.07, 6.45) is 1.91. The fourth-order valence-electron chi connectivity index (χ4n) is 2.13. The number of thiazole rings is 1. The number of hydrogen-bond donors (Lipinski definition) is 1. The largest absolute Gasteiger partial charge is 0.493 e. The molecule has 1 N–H and O–H groups in total. The average molecular weight is 288 g/mol. The van der Waals surface area contributed by atoms with Gasteiger partial charge in [0.05, 0.1) is 18.7 Å². The molecule has 0 saturated carbocycles. The number of ether oxygens (including phenoxy) is 1. The molecule has 5 heteroatoms. The number of rotatable bonds is 5. The van der Waals surface area contributed by atoms with Crippen molar-refractivity contribution in [3.8, 4) is 5.75 Å². The third kappa shape index (κ3) is 2.69. The van der Waals surface area contributed by atoms with E-state index in [-0.39, 0.29) is 0 Å². The minimum atomic E-state index is 0.689. The second kappa shape index (κ2) is 5.64. The second-order valence-electron chi connectivity index (χ2n) is 4.54. The Morgan fingerprint density at radius 2 is 2.25 bits per heavy atom. The summed E-state index contributed by atoms with van der Waals surface area (Å²) in [6.45, 7) is 3.51. The van der Waals surface area contributed by atoms with Crippen molar-refractivity contribution in [3.63, 3.8) is 0 Å². The zero-order valence-electron chi connectivity index (χ0n) is 11.5. The Balaban J connectivity index is 1.68. The molecule has 0 radical (unpaired) electrons. The lowest BCUT2D eigenvalue weighted by Gasteiger charge is -2.00. The van der Waals surface area contributed by atoms with Crippen molar-refractivity contribution in [3.05, 3.63) is 46.1 Å². The summed E-state index contributed by atoms with van der Waals surface area (Å²) in [5.41, 5.74) is 0.806. The lowest BCUT2D eigenvalue weighted by molar-refractivity contribution is 0.406. The van der Waals surface area contributed by atoms with Crippen molar-refractivity contribution >= 4 is 22.3 Å². The van der Waals surface area contributed by atoms with Crippen molar-refractivity contribution < 1.29 is 9.15 Å². The van der Waals surface area contributed by atoms with Crippen LogP contribution in [0, 0.1) is 6.92 Å². The van der Waals surface area contributed by atoms with Crippen LogP contribution in [0.5, 0.6) is 5.75 Å². The third-order valence-electron chi connectivity index (χ3n) is 3.05. The van der Waals surface area contributed by atoms with E-state index in [0.717, 1.165) is 34.0 Å². The first kappa shape index (κ1) is 13.1. The number of para-hydroxylation sites is 1. The van der Waals surface area contributed by atoms with E-state index in [1.807, 2.05) is 37.4 Å². The van der Waals surface area contributed by atoms with Gasteiger partial charge in [0.25, 0.3) is 0 Å². The molecule has 104 valence electrons. The number of benzene rings is 1. The minimum Gasteiger partial charge on any atom is -0.493 e. The summed E-state index contributed by atoms with van der Waals surface area (Å²) in [5, 5.41) is 5.52. The molecule has 0 aliphatic carbocycles. The van der Waals surface area contributed by atoms with Crippen LogP contribution in [0.15, 0.2) is 34.9 Å². The van der Waals surface area contributed by atoms with Gasteiger partial charge in [-0.15, -0.1) is 11.3 Å². The lowest BCUT2D eigenvalue weighted by atomic mass is 10.2. The molecule has 0 aliphatic rings. The first-order valence-corrected chi connectivity index (χ1v) is 7.25. The molecule has 3 aromatic rings. The smallest absolute Gasteiger partial charge is 0.176 e. The van der Waals surface area contributed by atoms with Gasteiger partial charge in [0.2, 0.25) is 0 Å². The Hall–Kier alpha value is -1.85. The molecule has 0 unspecified atom stereocenters.